The minimum Gasteiger partial charge on any atom is -0.309 e. The second-order valence-corrected chi connectivity index (χ2v) is 12.3. The molecule has 0 aliphatic heterocycles. The Hall–Kier alpha value is -7.39. The van der Waals surface area contributed by atoms with Crippen molar-refractivity contribution in [3.63, 3.8) is 0 Å². The van der Waals surface area contributed by atoms with E-state index in [1.54, 1.807) is 0 Å². The van der Waals surface area contributed by atoms with Crippen molar-refractivity contribution in [2.45, 2.75) is 0 Å². The number of hydrogen-bond acceptors (Lipinski definition) is 3. The van der Waals surface area contributed by atoms with E-state index in [-0.39, 0.29) is 0 Å². The summed E-state index contributed by atoms with van der Waals surface area (Å²) in [5, 5.41) is 34.2. The fraction of sp³-hybridized carbons (Fsp3) is 0. The maximum Gasteiger partial charge on any atom is 0.0991 e. The highest BCUT2D eigenvalue weighted by Gasteiger charge is 2.20. The largest absolute Gasteiger partial charge is 0.309 e. The molecule has 0 unspecified atom stereocenters. The molecule has 5 heteroatoms. The topological polar surface area (TPSA) is 81.2 Å². The first-order valence-electron chi connectivity index (χ1n) is 16.3. The summed E-state index contributed by atoms with van der Waals surface area (Å²) in [6.45, 7) is 0. The van der Waals surface area contributed by atoms with E-state index in [0.29, 0.717) is 16.7 Å². The SMILES string of the molecule is N#Cc1ccc(-c2ccc(-n3c4ccccc4c4ccccc43)cc2)c(-c2cc(C#N)ccc2-n2c3ccccc3c3cc(C#N)ccc32)c1. The Morgan fingerprint density at radius 2 is 0.840 bits per heavy atom. The van der Waals surface area contributed by atoms with E-state index in [0.717, 1.165) is 66.5 Å². The smallest absolute Gasteiger partial charge is 0.0991 e. The zero-order valence-corrected chi connectivity index (χ0v) is 26.7. The van der Waals surface area contributed by atoms with Crippen LogP contribution in [0.4, 0.5) is 0 Å². The molecule has 0 radical (unpaired) electrons. The van der Waals surface area contributed by atoms with Gasteiger partial charge in [-0.05, 0) is 95.6 Å². The van der Waals surface area contributed by atoms with Crippen LogP contribution in [0.2, 0.25) is 0 Å². The summed E-state index contributed by atoms with van der Waals surface area (Å²) < 4.78 is 4.49. The number of aromatic nitrogens is 2. The van der Waals surface area contributed by atoms with Crippen LogP contribution in [0.15, 0.2) is 152 Å². The predicted octanol–water partition coefficient (Wildman–Crippen LogP) is 10.8. The summed E-state index contributed by atoms with van der Waals surface area (Å²) in [5.74, 6) is 0. The van der Waals surface area contributed by atoms with Crippen LogP contribution in [0.5, 0.6) is 0 Å². The monoisotopic (exact) mass is 635 g/mol. The highest BCUT2D eigenvalue weighted by Crippen LogP contribution is 2.41. The molecule has 50 heavy (non-hydrogen) atoms. The van der Waals surface area contributed by atoms with Gasteiger partial charge in [0.25, 0.3) is 0 Å². The van der Waals surface area contributed by atoms with Gasteiger partial charge in [-0.25, -0.2) is 0 Å². The first-order valence-corrected chi connectivity index (χ1v) is 16.3. The van der Waals surface area contributed by atoms with Crippen LogP contribution in [0.3, 0.4) is 0 Å². The highest BCUT2D eigenvalue weighted by atomic mass is 15.0. The minimum atomic E-state index is 0.520. The quantitative estimate of drug-likeness (QED) is 0.193. The highest BCUT2D eigenvalue weighted by molar-refractivity contribution is 6.11. The Morgan fingerprint density at radius 3 is 1.46 bits per heavy atom. The zero-order chi connectivity index (χ0) is 33.8. The summed E-state index contributed by atoms with van der Waals surface area (Å²) in [4.78, 5) is 0. The van der Waals surface area contributed by atoms with E-state index in [2.05, 4.69) is 112 Å². The first kappa shape index (κ1) is 28.8. The van der Waals surface area contributed by atoms with Crippen LogP contribution in [0.1, 0.15) is 16.7 Å². The Kier molecular flexibility index (Phi) is 6.56. The molecule has 230 valence electrons. The van der Waals surface area contributed by atoms with Crippen molar-refractivity contribution in [2.24, 2.45) is 0 Å². The summed E-state index contributed by atoms with van der Waals surface area (Å²) in [7, 11) is 0. The van der Waals surface area contributed by atoms with Crippen molar-refractivity contribution in [3.8, 4) is 51.8 Å². The Bertz CT molecular complexity index is 2900. The Labute approximate surface area is 287 Å². The van der Waals surface area contributed by atoms with Gasteiger partial charge in [0.1, 0.15) is 0 Å². The van der Waals surface area contributed by atoms with Gasteiger partial charge in [0.2, 0.25) is 0 Å². The van der Waals surface area contributed by atoms with Gasteiger partial charge in [0.05, 0.1) is 62.7 Å². The minimum absolute atomic E-state index is 0.520. The molecule has 0 N–H and O–H groups in total. The number of hydrogen-bond donors (Lipinski definition) is 0. The van der Waals surface area contributed by atoms with Gasteiger partial charge in [-0.3, -0.25) is 0 Å². The molecule has 7 aromatic carbocycles. The molecule has 0 saturated heterocycles. The molecule has 0 aliphatic carbocycles. The maximum absolute atomic E-state index is 10.0. The fourth-order valence-electron chi connectivity index (χ4n) is 7.40. The van der Waals surface area contributed by atoms with Crippen molar-refractivity contribution in [3.05, 3.63) is 168 Å². The van der Waals surface area contributed by atoms with E-state index in [9.17, 15) is 15.8 Å². The van der Waals surface area contributed by atoms with Crippen LogP contribution in [0.25, 0.3) is 77.2 Å². The lowest BCUT2D eigenvalue weighted by atomic mass is 9.91. The summed E-state index contributed by atoms with van der Waals surface area (Å²) in [6.07, 6.45) is 0. The van der Waals surface area contributed by atoms with Gasteiger partial charge in [0, 0.05) is 32.8 Å². The van der Waals surface area contributed by atoms with E-state index in [1.807, 2.05) is 66.7 Å². The normalized spacial score (nSPS) is 11.1. The molecule has 0 bridgehead atoms. The van der Waals surface area contributed by atoms with E-state index in [4.69, 9.17) is 0 Å². The van der Waals surface area contributed by atoms with Gasteiger partial charge >= 0.3 is 0 Å². The molecule has 0 spiro atoms. The number of nitriles is 3. The molecule has 2 heterocycles. The van der Waals surface area contributed by atoms with Crippen LogP contribution in [-0.4, -0.2) is 9.13 Å². The number of nitrogens with zero attached hydrogens (tertiary/aromatic N) is 5. The maximum atomic E-state index is 10.0. The van der Waals surface area contributed by atoms with E-state index in [1.165, 1.54) is 10.8 Å². The molecular formula is C45H25N5. The molecule has 0 amide bonds. The Balaban J connectivity index is 1.27. The number of para-hydroxylation sites is 3. The third-order valence-corrected chi connectivity index (χ3v) is 9.62. The second-order valence-electron chi connectivity index (χ2n) is 12.3. The van der Waals surface area contributed by atoms with Crippen LogP contribution in [-0.2, 0) is 0 Å². The first-order chi connectivity index (χ1) is 24.7. The standard InChI is InChI=1S/C45H25N5/c46-26-29-13-20-34(32-16-18-33(19-17-32)49-41-10-4-1-7-35(41)36-8-2-5-11-42(36)49)38(23-29)40-25-31(28-48)15-22-45(40)50-43-12-6-3-9-37(43)39-24-30(27-47)14-21-44(39)50/h1-25H. The summed E-state index contributed by atoms with van der Waals surface area (Å²) in [6, 6.07) is 57.8. The van der Waals surface area contributed by atoms with Gasteiger partial charge in [-0.2, -0.15) is 15.8 Å². The van der Waals surface area contributed by atoms with Crippen molar-refractivity contribution >= 4 is 43.6 Å². The van der Waals surface area contributed by atoms with Crippen LogP contribution >= 0.6 is 0 Å². The summed E-state index contributed by atoms with van der Waals surface area (Å²) >= 11 is 0. The van der Waals surface area contributed by atoms with Gasteiger partial charge in [-0.15, -0.1) is 0 Å². The van der Waals surface area contributed by atoms with Crippen molar-refractivity contribution in [2.75, 3.05) is 0 Å². The van der Waals surface area contributed by atoms with Gasteiger partial charge in [0.15, 0.2) is 0 Å². The third kappa shape index (κ3) is 4.38. The third-order valence-electron chi connectivity index (χ3n) is 9.62. The average Bonchev–Trinajstić information content (AvgIpc) is 3.70. The lowest BCUT2D eigenvalue weighted by Gasteiger charge is -2.18. The van der Waals surface area contributed by atoms with Gasteiger partial charge < -0.3 is 9.13 Å². The Morgan fingerprint density at radius 1 is 0.360 bits per heavy atom. The molecule has 9 aromatic rings. The molecule has 5 nitrogen and oxygen atoms in total. The lowest BCUT2D eigenvalue weighted by molar-refractivity contribution is 1.18. The molecule has 9 rings (SSSR count). The molecular weight excluding hydrogens is 611 g/mol. The zero-order valence-electron chi connectivity index (χ0n) is 26.7. The van der Waals surface area contributed by atoms with E-state index < -0.39 is 0 Å². The predicted molar refractivity (Wildman–Crippen MR) is 200 cm³/mol. The molecule has 2 aromatic heterocycles. The van der Waals surface area contributed by atoms with Crippen molar-refractivity contribution in [1.82, 2.24) is 9.13 Å². The van der Waals surface area contributed by atoms with Crippen LogP contribution in [0, 0.1) is 34.0 Å². The van der Waals surface area contributed by atoms with E-state index >= 15 is 0 Å². The molecule has 0 saturated carbocycles. The lowest BCUT2D eigenvalue weighted by Crippen LogP contribution is -2.00. The number of rotatable bonds is 4. The second kappa shape index (κ2) is 11.4. The molecule has 0 fully saturated rings. The van der Waals surface area contributed by atoms with Gasteiger partial charge in [-0.1, -0.05) is 72.8 Å². The van der Waals surface area contributed by atoms with Crippen LogP contribution < -0.4 is 0 Å². The average molecular weight is 636 g/mol. The number of fused-ring (bicyclic) bond motifs is 6. The molecule has 0 aliphatic rings. The summed E-state index contributed by atoms with van der Waals surface area (Å²) in [5.41, 5.74) is 11.4. The van der Waals surface area contributed by atoms with Crippen molar-refractivity contribution < 1.29 is 0 Å². The van der Waals surface area contributed by atoms with Crippen molar-refractivity contribution in [1.29, 1.82) is 15.8 Å². The number of benzene rings is 7. The molecule has 0 atom stereocenters. The fourth-order valence-corrected chi connectivity index (χ4v) is 7.40.